The minimum atomic E-state index is 0.701. The highest BCUT2D eigenvalue weighted by Gasteiger charge is 2.00. The first-order chi connectivity index (χ1) is 6.77. The largest absolute Gasteiger partial charge is 0.495 e. The van der Waals surface area contributed by atoms with E-state index in [2.05, 4.69) is 6.92 Å². The first-order valence-electron chi connectivity index (χ1n) is 4.84. The van der Waals surface area contributed by atoms with Crippen LogP contribution in [-0.4, -0.2) is 12.9 Å². The molecule has 1 aromatic carbocycles. The molecular formula is C11H17NOS. The second-order valence-electron chi connectivity index (χ2n) is 3.11. The fourth-order valence-electron chi connectivity index (χ4n) is 1.12. The van der Waals surface area contributed by atoms with Crippen LogP contribution < -0.4 is 10.5 Å². The van der Waals surface area contributed by atoms with Gasteiger partial charge in [-0.15, -0.1) is 11.8 Å². The molecule has 0 aromatic heterocycles. The number of unbranched alkanes of at least 4 members (excludes halogenated alkanes) is 1. The fraction of sp³-hybridized carbons (Fsp3) is 0.455. The van der Waals surface area contributed by atoms with Gasteiger partial charge in [0.15, 0.2) is 0 Å². The summed E-state index contributed by atoms with van der Waals surface area (Å²) in [4.78, 5) is 1.23. The summed E-state index contributed by atoms with van der Waals surface area (Å²) >= 11 is 1.85. The van der Waals surface area contributed by atoms with Crippen LogP contribution in [0.4, 0.5) is 5.69 Å². The van der Waals surface area contributed by atoms with Crippen molar-refractivity contribution in [3.63, 3.8) is 0 Å². The summed E-state index contributed by atoms with van der Waals surface area (Å²) in [5, 5.41) is 0. The topological polar surface area (TPSA) is 35.2 Å². The van der Waals surface area contributed by atoms with Crippen molar-refractivity contribution in [2.24, 2.45) is 0 Å². The molecule has 0 atom stereocenters. The maximum absolute atomic E-state index is 5.72. The smallest absolute Gasteiger partial charge is 0.142 e. The van der Waals surface area contributed by atoms with E-state index in [1.807, 2.05) is 30.0 Å². The summed E-state index contributed by atoms with van der Waals surface area (Å²) in [6.45, 7) is 2.20. The van der Waals surface area contributed by atoms with Crippen LogP contribution in [0.25, 0.3) is 0 Å². The van der Waals surface area contributed by atoms with E-state index in [4.69, 9.17) is 10.5 Å². The third kappa shape index (κ3) is 3.14. The first-order valence-corrected chi connectivity index (χ1v) is 5.82. The number of hydrogen-bond donors (Lipinski definition) is 1. The molecule has 0 amide bonds. The number of ether oxygens (including phenoxy) is 1. The molecule has 0 saturated carbocycles. The monoisotopic (exact) mass is 211 g/mol. The van der Waals surface area contributed by atoms with Crippen molar-refractivity contribution in [1.29, 1.82) is 0 Å². The Morgan fingerprint density at radius 3 is 2.86 bits per heavy atom. The standard InChI is InChI=1S/C11H17NOS/c1-3-4-7-14-9-5-6-10(12)11(8-9)13-2/h5-6,8H,3-4,7,12H2,1-2H3. The molecule has 0 heterocycles. The lowest BCUT2D eigenvalue weighted by atomic mass is 10.3. The van der Waals surface area contributed by atoms with E-state index in [-0.39, 0.29) is 0 Å². The molecule has 0 fully saturated rings. The Balaban J connectivity index is 2.60. The van der Waals surface area contributed by atoms with Gasteiger partial charge in [0.05, 0.1) is 12.8 Å². The van der Waals surface area contributed by atoms with E-state index in [1.165, 1.54) is 17.7 Å². The van der Waals surface area contributed by atoms with Crippen LogP contribution in [0.3, 0.4) is 0 Å². The van der Waals surface area contributed by atoms with Gasteiger partial charge in [-0.05, 0) is 30.4 Å². The van der Waals surface area contributed by atoms with Crippen LogP contribution in [-0.2, 0) is 0 Å². The third-order valence-corrected chi connectivity index (χ3v) is 3.05. The molecule has 0 aliphatic rings. The lowest BCUT2D eigenvalue weighted by molar-refractivity contribution is 0.416. The Morgan fingerprint density at radius 2 is 2.21 bits per heavy atom. The molecular weight excluding hydrogens is 194 g/mol. The van der Waals surface area contributed by atoms with Crippen molar-refractivity contribution in [2.75, 3.05) is 18.6 Å². The van der Waals surface area contributed by atoms with Gasteiger partial charge in [-0.1, -0.05) is 13.3 Å². The number of benzene rings is 1. The van der Waals surface area contributed by atoms with Gasteiger partial charge in [0, 0.05) is 4.90 Å². The average Bonchev–Trinajstić information content (AvgIpc) is 2.21. The van der Waals surface area contributed by atoms with Crippen LogP contribution in [0.15, 0.2) is 23.1 Å². The Hall–Kier alpha value is -0.830. The van der Waals surface area contributed by atoms with Gasteiger partial charge in [-0.2, -0.15) is 0 Å². The van der Waals surface area contributed by atoms with Gasteiger partial charge in [0.25, 0.3) is 0 Å². The zero-order valence-corrected chi connectivity index (χ0v) is 9.56. The van der Waals surface area contributed by atoms with Gasteiger partial charge >= 0.3 is 0 Å². The highest BCUT2D eigenvalue weighted by Crippen LogP contribution is 2.28. The van der Waals surface area contributed by atoms with Crippen molar-refractivity contribution < 1.29 is 4.74 Å². The normalized spacial score (nSPS) is 10.1. The summed E-state index contributed by atoms with van der Waals surface area (Å²) in [5.41, 5.74) is 6.42. The number of methoxy groups -OCH3 is 1. The highest BCUT2D eigenvalue weighted by molar-refractivity contribution is 7.99. The van der Waals surface area contributed by atoms with Gasteiger partial charge in [0.1, 0.15) is 5.75 Å². The Kier molecular flexibility index (Phi) is 4.66. The molecule has 3 heteroatoms. The minimum absolute atomic E-state index is 0.701. The zero-order valence-electron chi connectivity index (χ0n) is 8.75. The van der Waals surface area contributed by atoms with Gasteiger partial charge < -0.3 is 10.5 Å². The molecule has 0 aliphatic carbocycles. The van der Waals surface area contributed by atoms with Crippen molar-refractivity contribution >= 4 is 17.4 Å². The van der Waals surface area contributed by atoms with E-state index < -0.39 is 0 Å². The maximum Gasteiger partial charge on any atom is 0.142 e. The molecule has 1 rings (SSSR count). The molecule has 0 spiro atoms. The van der Waals surface area contributed by atoms with Gasteiger partial charge in [-0.3, -0.25) is 0 Å². The quantitative estimate of drug-likeness (QED) is 0.461. The Morgan fingerprint density at radius 1 is 1.43 bits per heavy atom. The lowest BCUT2D eigenvalue weighted by Gasteiger charge is -2.06. The molecule has 0 saturated heterocycles. The summed E-state index contributed by atoms with van der Waals surface area (Å²) in [6, 6.07) is 5.93. The predicted octanol–water partition coefficient (Wildman–Crippen LogP) is 3.17. The van der Waals surface area contributed by atoms with Crippen molar-refractivity contribution in [1.82, 2.24) is 0 Å². The molecule has 0 bridgehead atoms. The maximum atomic E-state index is 5.72. The van der Waals surface area contributed by atoms with Crippen LogP contribution in [0.2, 0.25) is 0 Å². The summed E-state index contributed by atoms with van der Waals surface area (Å²) in [7, 11) is 1.65. The molecule has 78 valence electrons. The summed E-state index contributed by atoms with van der Waals surface area (Å²) in [5.74, 6) is 1.93. The SMILES string of the molecule is CCCCSc1ccc(N)c(OC)c1. The number of nitrogens with two attached hydrogens (primary N) is 1. The van der Waals surface area contributed by atoms with E-state index in [0.29, 0.717) is 5.69 Å². The van der Waals surface area contributed by atoms with Crippen LogP contribution in [0.5, 0.6) is 5.75 Å². The molecule has 2 N–H and O–H groups in total. The van der Waals surface area contributed by atoms with Crippen molar-refractivity contribution in [3.05, 3.63) is 18.2 Å². The predicted molar refractivity (Wildman–Crippen MR) is 63.0 cm³/mol. The summed E-state index contributed by atoms with van der Waals surface area (Å²) in [6.07, 6.45) is 2.48. The molecule has 0 aliphatic heterocycles. The lowest BCUT2D eigenvalue weighted by Crippen LogP contribution is -1.92. The number of rotatable bonds is 5. The first kappa shape index (κ1) is 11.2. The number of anilines is 1. The van der Waals surface area contributed by atoms with Crippen LogP contribution >= 0.6 is 11.8 Å². The van der Waals surface area contributed by atoms with Crippen molar-refractivity contribution in [3.8, 4) is 5.75 Å². The van der Waals surface area contributed by atoms with E-state index >= 15 is 0 Å². The van der Waals surface area contributed by atoms with E-state index in [1.54, 1.807) is 7.11 Å². The second-order valence-corrected chi connectivity index (χ2v) is 4.27. The van der Waals surface area contributed by atoms with Crippen LogP contribution in [0, 0.1) is 0 Å². The highest BCUT2D eigenvalue weighted by atomic mass is 32.2. The molecule has 0 radical (unpaired) electrons. The minimum Gasteiger partial charge on any atom is -0.495 e. The molecule has 14 heavy (non-hydrogen) atoms. The Labute approximate surface area is 89.8 Å². The number of thioether (sulfide) groups is 1. The average molecular weight is 211 g/mol. The zero-order chi connectivity index (χ0) is 10.4. The fourth-order valence-corrected chi connectivity index (χ4v) is 2.14. The molecule has 0 unspecified atom stereocenters. The van der Waals surface area contributed by atoms with Crippen molar-refractivity contribution in [2.45, 2.75) is 24.7 Å². The van der Waals surface area contributed by atoms with E-state index in [9.17, 15) is 0 Å². The molecule has 2 nitrogen and oxygen atoms in total. The second kappa shape index (κ2) is 5.81. The van der Waals surface area contributed by atoms with Gasteiger partial charge in [-0.25, -0.2) is 0 Å². The third-order valence-electron chi connectivity index (χ3n) is 1.97. The van der Waals surface area contributed by atoms with Crippen LogP contribution in [0.1, 0.15) is 19.8 Å². The van der Waals surface area contributed by atoms with Gasteiger partial charge in [0.2, 0.25) is 0 Å². The number of hydrogen-bond acceptors (Lipinski definition) is 3. The Bertz CT molecular complexity index is 289. The molecule has 1 aromatic rings. The number of nitrogen functional groups attached to an aromatic ring is 1. The summed E-state index contributed by atoms with van der Waals surface area (Å²) < 4.78 is 5.15. The van der Waals surface area contributed by atoms with E-state index in [0.717, 1.165) is 11.5 Å².